The second-order valence-corrected chi connectivity index (χ2v) is 6.75. The average Bonchev–Trinajstić information content (AvgIpc) is 3.41. The number of hydrogen-bond acceptors (Lipinski definition) is 3. The van der Waals surface area contributed by atoms with Crippen molar-refractivity contribution < 1.29 is 9.47 Å². The van der Waals surface area contributed by atoms with Crippen molar-refractivity contribution in [3.05, 3.63) is 36.5 Å². The molecule has 1 aliphatic rings. The lowest BCUT2D eigenvalue weighted by molar-refractivity contribution is 0.289. The molecule has 0 saturated heterocycles. The Morgan fingerprint density at radius 1 is 1.24 bits per heavy atom. The van der Waals surface area contributed by atoms with Gasteiger partial charge in [-0.15, -0.1) is 0 Å². The first-order chi connectivity index (χ1) is 12.3. The summed E-state index contributed by atoms with van der Waals surface area (Å²) >= 11 is 0. The summed E-state index contributed by atoms with van der Waals surface area (Å²) in [5.41, 5.74) is 3.44. The molecule has 1 fully saturated rings. The fourth-order valence-electron chi connectivity index (χ4n) is 3.43. The molecule has 2 heterocycles. The Morgan fingerprint density at radius 3 is 2.88 bits per heavy atom. The van der Waals surface area contributed by atoms with Crippen LogP contribution in [0.25, 0.3) is 21.8 Å². The Hall–Kier alpha value is -2.23. The summed E-state index contributed by atoms with van der Waals surface area (Å²) in [4.78, 5) is 8.17. The van der Waals surface area contributed by atoms with E-state index < -0.39 is 0 Å². The van der Waals surface area contributed by atoms with E-state index in [9.17, 15) is 0 Å². The van der Waals surface area contributed by atoms with Crippen LogP contribution in [-0.4, -0.2) is 23.7 Å². The average molecular weight is 337 g/mol. The molecule has 1 N–H and O–H groups in total. The highest BCUT2D eigenvalue weighted by Crippen LogP contribution is 2.45. The van der Waals surface area contributed by atoms with Crippen LogP contribution in [-0.2, 0) is 0 Å². The number of rotatable bonds is 8. The molecule has 3 aromatic rings. The van der Waals surface area contributed by atoms with Gasteiger partial charge in [0, 0.05) is 34.5 Å². The third-order valence-electron chi connectivity index (χ3n) is 4.89. The van der Waals surface area contributed by atoms with Gasteiger partial charge in [0.2, 0.25) is 0 Å². The molecular weight excluding hydrogens is 312 g/mol. The minimum absolute atomic E-state index is 0.611. The van der Waals surface area contributed by atoms with Crippen LogP contribution < -0.4 is 9.47 Å². The standard InChI is InChI=1S/C21H25N2O2/c1-3-4-5-6-11-25-19-13-17-15(12-18(19)24-2)20-16(23-17)9-10-22-21(20)14-7-8-14/h4,9-10,12-14,23H,3,5-8,11H2,1-2H3. The van der Waals surface area contributed by atoms with Gasteiger partial charge in [0.15, 0.2) is 11.5 Å². The maximum absolute atomic E-state index is 5.99. The van der Waals surface area contributed by atoms with Crippen LogP contribution in [0.1, 0.15) is 50.6 Å². The number of H-pyrrole nitrogens is 1. The van der Waals surface area contributed by atoms with Crippen LogP contribution in [0.5, 0.6) is 11.5 Å². The molecule has 4 nitrogen and oxygen atoms in total. The van der Waals surface area contributed by atoms with Gasteiger partial charge in [-0.05, 0) is 44.2 Å². The van der Waals surface area contributed by atoms with Crippen LogP contribution in [0.15, 0.2) is 24.4 Å². The summed E-state index contributed by atoms with van der Waals surface area (Å²) in [6.45, 7) is 2.87. The number of aromatic nitrogens is 2. The van der Waals surface area contributed by atoms with Gasteiger partial charge in [-0.2, -0.15) is 0 Å². The zero-order chi connectivity index (χ0) is 17.2. The molecule has 0 atom stereocenters. The van der Waals surface area contributed by atoms with Crippen molar-refractivity contribution in [3.63, 3.8) is 0 Å². The number of methoxy groups -OCH3 is 1. The van der Waals surface area contributed by atoms with E-state index in [0.29, 0.717) is 12.5 Å². The maximum atomic E-state index is 5.99. The fraction of sp³-hybridized carbons (Fsp3) is 0.429. The Labute approximate surface area is 148 Å². The number of hydrogen-bond donors (Lipinski definition) is 1. The Bertz CT molecular complexity index is 880. The van der Waals surface area contributed by atoms with Gasteiger partial charge in [-0.1, -0.05) is 13.3 Å². The lowest BCUT2D eigenvalue weighted by Gasteiger charge is -2.11. The summed E-state index contributed by atoms with van der Waals surface area (Å²) in [5.74, 6) is 2.21. The summed E-state index contributed by atoms with van der Waals surface area (Å²) in [6.07, 6.45) is 9.90. The molecule has 0 amide bonds. The lowest BCUT2D eigenvalue weighted by atomic mass is 10.1. The van der Waals surface area contributed by atoms with Gasteiger partial charge in [0.05, 0.1) is 24.9 Å². The summed E-state index contributed by atoms with van der Waals surface area (Å²) in [7, 11) is 1.70. The van der Waals surface area contributed by atoms with E-state index in [1.54, 1.807) is 7.11 Å². The van der Waals surface area contributed by atoms with Crippen LogP contribution in [0.4, 0.5) is 0 Å². The van der Waals surface area contributed by atoms with Gasteiger partial charge >= 0.3 is 0 Å². The van der Waals surface area contributed by atoms with Gasteiger partial charge in [0.25, 0.3) is 0 Å². The van der Waals surface area contributed by atoms with Gasteiger partial charge in [-0.3, -0.25) is 4.98 Å². The monoisotopic (exact) mass is 337 g/mol. The first-order valence-corrected chi connectivity index (χ1v) is 9.24. The van der Waals surface area contributed by atoms with Gasteiger partial charge in [0.1, 0.15) is 0 Å². The van der Waals surface area contributed by atoms with E-state index in [2.05, 4.69) is 41.5 Å². The van der Waals surface area contributed by atoms with Crippen molar-refractivity contribution in [2.75, 3.05) is 13.7 Å². The number of nitrogens with one attached hydrogen (secondary N) is 1. The predicted octanol–water partition coefficient (Wildman–Crippen LogP) is 5.38. The molecule has 1 aromatic carbocycles. The van der Waals surface area contributed by atoms with Crippen LogP contribution in [0, 0.1) is 6.42 Å². The number of pyridine rings is 1. The minimum Gasteiger partial charge on any atom is -0.493 e. The van der Waals surface area contributed by atoms with Crippen LogP contribution >= 0.6 is 0 Å². The third-order valence-corrected chi connectivity index (χ3v) is 4.89. The van der Waals surface area contributed by atoms with E-state index in [-0.39, 0.29) is 0 Å². The molecule has 25 heavy (non-hydrogen) atoms. The van der Waals surface area contributed by atoms with E-state index in [1.807, 2.05) is 6.20 Å². The normalized spacial score (nSPS) is 14.3. The first-order valence-electron chi connectivity index (χ1n) is 9.24. The molecule has 0 unspecified atom stereocenters. The third kappa shape index (κ3) is 3.17. The quantitative estimate of drug-likeness (QED) is 0.562. The highest BCUT2D eigenvalue weighted by Gasteiger charge is 2.28. The Kier molecular flexibility index (Phi) is 4.51. The van der Waals surface area contributed by atoms with Crippen molar-refractivity contribution in [1.29, 1.82) is 0 Å². The summed E-state index contributed by atoms with van der Waals surface area (Å²) in [6, 6.07) is 6.21. The smallest absolute Gasteiger partial charge is 0.163 e. The van der Waals surface area contributed by atoms with E-state index in [1.165, 1.54) is 29.3 Å². The van der Waals surface area contributed by atoms with Crippen molar-refractivity contribution in [3.8, 4) is 11.5 Å². The zero-order valence-electron chi connectivity index (χ0n) is 15.0. The van der Waals surface area contributed by atoms with Gasteiger partial charge in [-0.25, -0.2) is 0 Å². The molecule has 2 aromatic heterocycles. The highest BCUT2D eigenvalue weighted by atomic mass is 16.5. The van der Waals surface area contributed by atoms with Gasteiger partial charge < -0.3 is 14.5 Å². The Morgan fingerprint density at radius 2 is 2.12 bits per heavy atom. The van der Waals surface area contributed by atoms with E-state index in [0.717, 1.165) is 41.8 Å². The van der Waals surface area contributed by atoms with E-state index >= 15 is 0 Å². The summed E-state index contributed by atoms with van der Waals surface area (Å²) in [5, 5.41) is 2.41. The second kappa shape index (κ2) is 6.95. The van der Waals surface area contributed by atoms with Crippen molar-refractivity contribution in [2.45, 2.75) is 44.9 Å². The van der Waals surface area contributed by atoms with Crippen LogP contribution in [0.3, 0.4) is 0 Å². The largest absolute Gasteiger partial charge is 0.493 e. The molecule has 4 rings (SSSR count). The van der Waals surface area contributed by atoms with Crippen molar-refractivity contribution in [1.82, 2.24) is 9.97 Å². The number of aromatic amines is 1. The SMILES string of the molecule is CC[CH]CCCOc1cc2[nH]c3ccnc(C4CC4)c3c2cc1OC. The number of ether oxygens (including phenoxy) is 2. The van der Waals surface area contributed by atoms with Crippen molar-refractivity contribution >= 4 is 21.8 Å². The predicted molar refractivity (Wildman–Crippen MR) is 101 cm³/mol. The molecule has 1 radical (unpaired) electrons. The minimum atomic E-state index is 0.611. The molecule has 1 aliphatic carbocycles. The molecular formula is C21H25N2O2. The molecule has 1 saturated carbocycles. The Balaban J connectivity index is 1.69. The second-order valence-electron chi connectivity index (χ2n) is 6.75. The number of fused-ring (bicyclic) bond motifs is 3. The number of nitrogens with zero attached hydrogens (tertiary/aromatic N) is 1. The fourth-order valence-corrected chi connectivity index (χ4v) is 3.43. The lowest BCUT2D eigenvalue weighted by Crippen LogP contribution is -1.99. The van der Waals surface area contributed by atoms with E-state index in [4.69, 9.17) is 9.47 Å². The maximum Gasteiger partial charge on any atom is 0.163 e. The highest BCUT2D eigenvalue weighted by molar-refractivity contribution is 6.09. The molecule has 0 bridgehead atoms. The molecule has 0 spiro atoms. The molecule has 0 aliphatic heterocycles. The number of benzene rings is 1. The topological polar surface area (TPSA) is 47.1 Å². The summed E-state index contributed by atoms with van der Waals surface area (Å²) < 4.78 is 11.6. The molecule has 4 heteroatoms. The van der Waals surface area contributed by atoms with Crippen LogP contribution in [0.2, 0.25) is 0 Å². The first kappa shape index (κ1) is 16.2. The number of unbranched alkanes of at least 4 members (excludes halogenated alkanes) is 3. The molecule has 131 valence electrons. The van der Waals surface area contributed by atoms with Crippen molar-refractivity contribution in [2.24, 2.45) is 0 Å². The zero-order valence-corrected chi connectivity index (χ0v) is 15.0.